The number of nitrogens with zero attached hydrogens (tertiary/aromatic N) is 1. The fraction of sp³-hybridized carbons (Fsp3) is 0.222. The zero-order valence-corrected chi connectivity index (χ0v) is 6.83. The molecule has 2 N–H and O–H groups in total. The van der Waals surface area contributed by atoms with Gasteiger partial charge < -0.3 is 5.73 Å². The Balaban J connectivity index is 3.14. The molecule has 0 saturated heterocycles. The summed E-state index contributed by atoms with van der Waals surface area (Å²) in [6.45, 7) is 1.95. The number of hydrogen-bond donors (Lipinski definition) is 1. The lowest BCUT2D eigenvalue weighted by Crippen LogP contribution is -1.99. The predicted octanol–water partition coefficient (Wildman–Crippen LogP) is 1.71. The molecule has 2 nitrogen and oxygen atoms in total. The molecular formula is C9H12N2. The van der Waals surface area contributed by atoms with Crippen LogP contribution in [0.25, 0.3) is 0 Å². The van der Waals surface area contributed by atoms with Crippen molar-refractivity contribution in [2.24, 2.45) is 4.99 Å². The van der Waals surface area contributed by atoms with E-state index in [1.807, 2.05) is 31.2 Å². The van der Waals surface area contributed by atoms with Crippen LogP contribution >= 0.6 is 0 Å². The third-order valence-electron chi connectivity index (χ3n) is 1.69. The minimum absolute atomic E-state index is 0.788. The highest BCUT2D eigenvalue weighted by Gasteiger charge is 1.98. The Labute approximate surface area is 66.8 Å². The molecule has 0 bridgehead atoms. The fourth-order valence-electron chi connectivity index (χ4n) is 0.947. The van der Waals surface area contributed by atoms with Gasteiger partial charge in [0.15, 0.2) is 0 Å². The molecule has 0 amide bonds. The van der Waals surface area contributed by atoms with Crippen LogP contribution in [0.2, 0.25) is 0 Å². The van der Waals surface area contributed by atoms with Gasteiger partial charge in [-0.25, -0.2) is 0 Å². The van der Waals surface area contributed by atoms with E-state index in [2.05, 4.69) is 4.99 Å². The van der Waals surface area contributed by atoms with Crippen molar-refractivity contribution >= 4 is 11.4 Å². The summed E-state index contributed by atoms with van der Waals surface area (Å²) in [6, 6.07) is 7.73. The van der Waals surface area contributed by atoms with Crippen molar-refractivity contribution in [3.63, 3.8) is 0 Å². The molecule has 2 heteroatoms. The van der Waals surface area contributed by atoms with E-state index in [4.69, 9.17) is 5.73 Å². The Kier molecular flexibility index (Phi) is 2.26. The largest absolute Gasteiger partial charge is 0.398 e. The van der Waals surface area contributed by atoms with Crippen LogP contribution in [0.5, 0.6) is 0 Å². The molecule has 1 rings (SSSR count). The van der Waals surface area contributed by atoms with Gasteiger partial charge in [0.1, 0.15) is 0 Å². The second-order valence-electron chi connectivity index (χ2n) is 2.40. The molecule has 0 heterocycles. The lowest BCUT2D eigenvalue weighted by molar-refractivity contribution is 1.41. The van der Waals surface area contributed by atoms with Gasteiger partial charge in [-0.1, -0.05) is 18.2 Å². The molecular weight excluding hydrogens is 136 g/mol. The average molecular weight is 148 g/mol. The first-order chi connectivity index (χ1) is 5.25. The third kappa shape index (κ3) is 1.58. The third-order valence-corrected chi connectivity index (χ3v) is 1.69. The smallest absolute Gasteiger partial charge is 0.0406 e. The van der Waals surface area contributed by atoms with Gasteiger partial charge >= 0.3 is 0 Å². The van der Waals surface area contributed by atoms with Gasteiger partial charge in [0, 0.05) is 24.0 Å². The van der Waals surface area contributed by atoms with Gasteiger partial charge in [0.05, 0.1) is 0 Å². The van der Waals surface area contributed by atoms with Crippen LogP contribution in [-0.2, 0) is 0 Å². The second-order valence-corrected chi connectivity index (χ2v) is 2.40. The van der Waals surface area contributed by atoms with Crippen molar-refractivity contribution in [3.8, 4) is 0 Å². The number of hydrogen-bond acceptors (Lipinski definition) is 2. The van der Waals surface area contributed by atoms with Crippen LogP contribution in [0.3, 0.4) is 0 Å². The summed E-state index contributed by atoms with van der Waals surface area (Å²) >= 11 is 0. The topological polar surface area (TPSA) is 38.4 Å². The van der Waals surface area contributed by atoms with Crippen LogP contribution in [0.1, 0.15) is 12.5 Å². The first-order valence-electron chi connectivity index (χ1n) is 3.54. The lowest BCUT2D eigenvalue weighted by Gasteiger charge is -2.02. The van der Waals surface area contributed by atoms with Gasteiger partial charge in [-0.3, -0.25) is 4.99 Å². The lowest BCUT2D eigenvalue weighted by atomic mass is 10.1. The molecule has 1 aromatic rings. The number of anilines is 1. The van der Waals surface area contributed by atoms with Gasteiger partial charge in [-0.2, -0.15) is 0 Å². The first-order valence-corrected chi connectivity index (χ1v) is 3.54. The molecule has 0 atom stereocenters. The second kappa shape index (κ2) is 3.19. The molecule has 0 unspecified atom stereocenters. The van der Waals surface area contributed by atoms with Crippen molar-refractivity contribution in [2.45, 2.75) is 6.92 Å². The summed E-state index contributed by atoms with van der Waals surface area (Å²) in [4.78, 5) is 4.06. The minimum atomic E-state index is 0.788. The molecule has 0 aliphatic rings. The van der Waals surface area contributed by atoms with Crippen LogP contribution < -0.4 is 5.73 Å². The predicted molar refractivity (Wildman–Crippen MR) is 49.0 cm³/mol. The zero-order chi connectivity index (χ0) is 8.27. The summed E-state index contributed by atoms with van der Waals surface area (Å²) in [6.07, 6.45) is 0. The maximum atomic E-state index is 5.72. The summed E-state index contributed by atoms with van der Waals surface area (Å²) in [5, 5.41) is 0. The van der Waals surface area contributed by atoms with Crippen molar-refractivity contribution in [2.75, 3.05) is 12.8 Å². The molecule has 0 aromatic heterocycles. The number of benzene rings is 1. The Morgan fingerprint density at radius 1 is 1.36 bits per heavy atom. The molecule has 11 heavy (non-hydrogen) atoms. The molecule has 0 radical (unpaired) electrons. The van der Waals surface area contributed by atoms with Gasteiger partial charge in [0.25, 0.3) is 0 Å². The van der Waals surface area contributed by atoms with Crippen molar-refractivity contribution in [1.29, 1.82) is 0 Å². The highest BCUT2D eigenvalue weighted by Crippen LogP contribution is 2.10. The van der Waals surface area contributed by atoms with Crippen molar-refractivity contribution < 1.29 is 0 Å². The molecule has 0 aliphatic carbocycles. The molecule has 0 saturated carbocycles. The highest BCUT2D eigenvalue weighted by molar-refractivity contribution is 6.02. The average Bonchev–Trinajstić information content (AvgIpc) is 2.04. The van der Waals surface area contributed by atoms with E-state index < -0.39 is 0 Å². The van der Waals surface area contributed by atoms with E-state index in [1.54, 1.807) is 7.05 Å². The van der Waals surface area contributed by atoms with Crippen molar-refractivity contribution in [3.05, 3.63) is 29.8 Å². The van der Waals surface area contributed by atoms with E-state index in [0.717, 1.165) is 17.0 Å². The van der Waals surface area contributed by atoms with Gasteiger partial charge in [-0.15, -0.1) is 0 Å². The van der Waals surface area contributed by atoms with Crippen LogP contribution in [0, 0.1) is 0 Å². The number of nitrogens with two attached hydrogens (primary N) is 1. The number of rotatable bonds is 1. The Morgan fingerprint density at radius 3 is 2.55 bits per heavy atom. The highest BCUT2D eigenvalue weighted by atomic mass is 14.7. The molecule has 0 fully saturated rings. The molecule has 58 valence electrons. The first kappa shape index (κ1) is 7.79. The quantitative estimate of drug-likeness (QED) is 0.478. The SMILES string of the molecule is CN=C(C)c1ccccc1N. The van der Waals surface area contributed by atoms with E-state index in [-0.39, 0.29) is 0 Å². The number of para-hydroxylation sites is 1. The Morgan fingerprint density at radius 2 is 2.00 bits per heavy atom. The Hall–Kier alpha value is -1.31. The normalized spacial score (nSPS) is 11.6. The summed E-state index contributed by atoms with van der Waals surface area (Å²) < 4.78 is 0. The maximum Gasteiger partial charge on any atom is 0.0406 e. The Bertz CT molecular complexity index is 277. The van der Waals surface area contributed by atoms with E-state index in [1.165, 1.54) is 0 Å². The maximum absolute atomic E-state index is 5.72. The van der Waals surface area contributed by atoms with Crippen LogP contribution in [-0.4, -0.2) is 12.8 Å². The summed E-state index contributed by atoms with van der Waals surface area (Å²) in [5.74, 6) is 0. The summed E-state index contributed by atoms with van der Waals surface area (Å²) in [5.41, 5.74) is 8.50. The van der Waals surface area contributed by atoms with Gasteiger partial charge in [-0.05, 0) is 13.0 Å². The summed E-state index contributed by atoms with van der Waals surface area (Å²) in [7, 11) is 1.77. The van der Waals surface area contributed by atoms with E-state index in [9.17, 15) is 0 Å². The van der Waals surface area contributed by atoms with Crippen molar-refractivity contribution in [1.82, 2.24) is 0 Å². The van der Waals surface area contributed by atoms with E-state index >= 15 is 0 Å². The van der Waals surface area contributed by atoms with Gasteiger partial charge in [0.2, 0.25) is 0 Å². The molecule has 0 spiro atoms. The standard InChI is InChI=1S/C9H12N2/c1-7(11-2)8-5-3-4-6-9(8)10/h3-6H,10H2,1-2H3. The minimum Gasteiger partial charge on any atom is -0.398 e. The number of aliphatic imine (C=N–C) groups is 1. The fourth-order valence-corrected chi connectivity index (χ4v) is 0.947. The number of nitrogen functional groups attached to an aromatic ring is 1. The molecule has 1 aromatic carbocycles. The zero-order valence-electron chi connectivity index (χ0n) is 6.83. The molecule has 0 aliphatic heterocycles. The van der Waals surface area contributed by atoms with Crippen LogP contribution in [0.15, 0.2) is 29.3 Å². The van der Waals surface area contributed by atoms with Crippen LogP contribution in [0.4, 0.5) is 5.69 Å². The monoisotopic (exact) mass is 148 g/mol. The van der Waals surface area contributed by atoms with E-state index in [0.29, 0.717) is 0 Å².